The summed E-state index contributed by atoms with van der Waals surface area (Å²) in [5.41, 5.74) is 2.51. The highest BCUT2D eigenvalue weighted by Crippen LogP contribution is 2.43. The van der Waals surface area contributed by atoms with Crippen molar-refractivity contribution < 1.29 is 9.90 Å². The average Bonchev–Trinajstić information content (AvgIpc) is 3.07. The minimum Gasteiger partial charge on any atom is -0.465 e. The van der Waals surface area contributed by atoms with E-state index in [2.05, 4.69) is 18.8 Å². The van der Waals surface area contributed by atoms with Gasteiger partial charge in [-0.1, -0.05) is 55.8 Å². The maximum atomic E-state index is 12.1. The second-order valence-electron chi connectivity index (χ2n) is 8.84. The number of aromatic nitrogens is 2. The molecule has 1 atom stereocenters. The molecule has 4 rings (SSSR count). The largest absolute Gasteiger partial charge is 0.465 e. The van der Waals surface area contributed by atoms with Gasteiger partial charge in [0.1, 0.15) is 10.7 Å². The molecule has 2 aromatic rings. The summed E-state index contributed by atoms with van der Waals surface area (Å²) in [6, 6.07) is 9.98. The number of hydrogen-bond acceptors (Lipinski definition) is 3. The Bertz CT molecular complexity index is 900. The number of carbonyl (C=O) groups is 1. The predicted molar refractivity (Wildman–Crippen MR) is 109 cm³/mol. The zero-order valence-electron chi connectivity index (χ0n) is 16.4. The molecule has 1 aliphatic heterocycles. The van der Waals surface area contributed by atoms with E-state index in [-0.39, 0.29) is 5.41 Å². The van der Waals surface area contributed by atoms with E-state index in [4.69, 9.17) is 16.6 Å². The first kappa shape index (κ1) is 19.2. The van der Waals surface area contributed by atoms with Gasteiger partial charge in [0.25, 0.3) is 0 Å². The number of fused-ring (bicyclic) bond motifs is 1. The molecule has 0 spiro atoms. The maximum Gasteiger partial charge on any atom is 0.408 e. The summed E-state index contributed by atoms with van der Waals surface area (Å²) in [4.78, 5) is 23.2. The van der Waals surface area contributed by atoms with Crippen LogP contribution in [0, 0.1) is 5.41 Å². The monoisotopic (exact) mass is 399 g/mol. The topological polar surface area (TPSA) is 66.3 Å². The summed E-state index contributed by atoms with van der Waals surface area (Å²) in [6.45, 7) is 4.97. The van der Waals surface area contributed by atoms with Crippen LogP contribution in [0.4, 0.5) is 4.79 Å². The summed E-state index contributed by atoms with van der Waals surface area (Å²) < 4.78 is 0. The predicted octanol–water partition coefficient (Wildman–Crippen LogP) is 4.86. The molecule has 5 nitrogen and oxygen atoms in total. The van der Waals surface area contributed by atoms with Gasteiger partial charge in [-0.05, 0) is 43.1 Å². The molecule has 1 aromatic carbocycles. The molecule has 0 radical (unpaired) electrons. The van der Waals surface area contributed by atoms with Crippen LogP contribution >= 0.6 is 11.6 Å². The zero-order valence-corrected chi connectivity index (χ0v) is 17.2. The quantitative estimate of drug-likeness (QED) is 0.748. The Hall–Kier alpha value is -2.14. The highest BCUT2D eigenvalue weighted by Gasteiger charge is 2.48. The Kier molecular flexibility index (Phi) is 4.82. The molecule has 148 valence electrons. The van der Waals surface area contributed by atoms with E-state index in [1.807, 2.05) is 30.3 Å². The van der Waals surface area contributed by atoms with Crippen LogP contribution in [0.25, 0.3) is 0 Å². The lowest BCUT2D eigenvalue weighted by Crippen LogP contribution is -2.47. The number of aryl methyl sites for hydroxylation is 1. The lowest BCUT2D eigenvalue weighted by molar-refractivity contribution is 0.0955. The molecule has 0 saturated carbocycles. The van der Waals surface area contributed by atoms with Crippen molar-refractivity contribution in [2.45, 2.75) is 57.9 Å². The Morgan fingerprint density at radius 2 is 1.96 bits per heavy atom. The van der Waals surface area contributed by atoms with Gasteiger partial charge in [-0.3, -0.25) is 4.90 Å². The van der Waals surface area contributed by atoms with Crippen molar-refractivity contribution in [3.63, 3.8) is 0 Å². The van der Waals surface area contributed by atoms with Crippen LogP contribution < -0.4 is 0 Å². The minimum absolute atomic E-state index is 0.184. The summed E-state index contributed by atoms with van der Waals surface area (Å²) in [5.74, 6) is 0.555. The van der Waals surface area contributed by atoms with Crippen molar-refractivity contribution in [3.05, 3.63) is 58.1 Å². The normalized spacial score (nSPS) is 23.5. The Balaban J connectivity index is 1.82. The first-order valence-electron chi connectivity index (χ1n) is 9.91. The molecule has 1 aromatic heterocycles. The Labute approximate surface area is 170 Å². The average molecular weight is 400 g/mol. The van der Waals surface area contributed by atoms with Crippen molar-refractivity contribution >= 4 is 17.7 Å². The van der Waals surface area contributed by atoms with E-state index in [9.17, 15) is 9.90 Å². The number of benzene rings is 1. The van der Waals surface area contributed by atoms with Crippen molar-refractivity contribution in [2.75, 3.05) is 6.54 Å². The van der Waals surface area contributed by atoms with Gasteiger partial charge in [-0.2, -0.15) is 0 Å². The molecule has 0 unspecified atom stereocenters. The third kappa shape index (κ3) is 3.37. The molecule has 1 amide bonds. The van der Waals surface area contributed by atoms with E-state index >= 15 is 0 Å². The van der Waals surface area contributed by atoms with Crippen molar-refractivity contribution in [3.8, 4) is 0 Å². The van der Waals surface area contributed by atoms with Crippen molar-refractivity contribution in [1.82, 2.24) is 14.9 Å². The fraction of sp³-hybridized carbons (Fsp3) is 0.500. The van der Waals surface area contributed by atoms with Crippen LogP contribution in [-0.4, -0.2) is 32.6 Å². The van der Waals surface area contributed by atoms with Crippen LogP contribution in [0.15, 0.2) is 30.3 Å². The van der Waals surface area contributed by atoms with Gasteiger partial charge in [0.15, 0.2) is 5.82 Å². The molecular formula is C22H26ClN3O2. The van der Waals surface area contributed by atoms with E-state index in [0.717, 1.165) is 42.5 Å². The second kappa shape index (κ2) is 7.03. The second-order valence-corrected chi connectivity index (χ2v) is 9.19. The molecule has 0 bridgehead atoms. The highest BCUT2D eigenvalue weighted by molar-refractivity contribution is 6.30. The van der Waals surface area contributed by atoms with Crippen LogP contribution in [0.3, 0.4) is 0 Å². The fourth-order valence-corrected chi connectivity index (χ4v) is 4.96. The summed E-state index contributed by atoms with van der Waals surface area (Å²) in [6.07, 6.45) is 3.88. The van der Waals surface area contributed by atoms with Gasteiger partial charge < -0.3 is 5.11 Å². The van der Waals surface area contributed by atoms with Crippen molar-refractivity contribution in [1.29, 1.82) is 0 Å². The number of likely N-dealkylation sites (tertiary alicyclic amines) is 1. The first-order chi connectivity index (χ1) is 13.3. The standard InChI is InChI=1S/C22H26ClN3O2/c1-21(2)11-9-17-16(14-21)18(23)25-19(24-17)22(10-6-12-26(22)20(27)28)13-15-7-4-3-5-8-15/h3-5,7-8H,6,9-14H2,1-2H3,(H,27,28)/t22-/m1/s1. The van der Waals surface area contributed by atoms with Gasteiger partial charge >= 0.3 is 6.09 Å². The van der Waals surface area contributed by atoms with Gasteiger partial charge in [0.2, 0.25) is 0 Å². The van der Waals surface area contributed by atoms with Gasteiger partial charge in [0, 0.05) is 24.2 Å². The molecular weight excluding hydrogens is 374 g/mol. The molecule has 1 saturated heterocycles. The van der Waals surface area contributed by atoms with Gasteiger partial charge in [-0.15, -0.1) is 0 Å². The van der Waals surface area contributed by atoms with Crippen LogP contribution in [0.2, 0.25) is 5.15 Å². The third-order valence-corrected chi connectivity index (χ3v) is 6.52. The van der Waals surface area contributed by atoms with Gasteiger partial charge in [0.05, 0.1) is 0 Å². The smallest absolute Gasteiger partial charge is 0.408 e. The van der Waals surface area contributed by atoms with Crippen LogP contribution in [0.5, 0.6) is 0 Å². The van der Waals surface area contributed by atoms with Crippen LogP contribution in [0.1, 0.15) is 55.8 Å². The Morgan fingerprint density at radius 3 is 2.68 bits per heavy atom. The number of halogens is 1. The van der Waals surface area contributed by atoms with Gasteiger partial charge in [-0.25, -0.2) is 14.8 Å². The lowest BCUT2D eigenvalue weighted by atomic mass is 9.76. The zero-order chi connectivity index (χ0) is 19.9. The van der Waals surface area contributed by atoms with Crippen LogP contribution in [-0.2, 0) is 24.8 Å². The summed E-state index contributed by atoms with van der Waals surface area (Å²) in [5, 5.41) is 10.4. The molecule has 6 heteroatoms. The molecule has 1 N–H and O–H groups in total. The highest BCUT2D eigenvalue weighted by atomic mass is 35.5. The Morgan fingerprint density at radius 1 is 1.21 bits per heavy atom. The van der Waals surface area contributed by atoms with E-state index in [0.29, 0.717) is 30.4 Å². The number of amides is 1. The molecule has 1 aliphatic carbocycles. The number of nitrogens with zero attached hydrogens (tertiary/aromatic N) is 3. The van der Waals surface area contributed by atoms with E-state index in [1.54, 1.807) is 0 Å². The molecule has 28 heavy (non-hydrogen) atoms. The number of rotatable bonds is 3. The molecule has 2 heterocycles. The maximum absolute atomic E-state index is 12.1. The molecule has 1 fully saturated rings. The lowest BCUT2D eigenvalue weighted by Gasteiger charge is -2.37. The minimum atomic E-state index is -0.924. The van der Waals surface area contributed by atoms with Crippen molar-refractivity contribution in [2.24, 2.45) is 5.41 Å². The van der Waals surface area contributed by atoms with E-state index < -0.39 is 11.6 Å². The third-order valence-electron chi connectivity index (χ3n) is 6.21. The number of hydrogen-bond donors (Lipinski definition) is 1. The van der Waals surface area contributed by atoms with E-state index in [1.165, 1.54) is 4.90 Å². The molecule has 2 aliphatic rings. The summed E-state index contributed by atoms with van der Waals surface area (Å²) >= 11 is 6.63. The first-order valence-corrected chi connectivity index (χ1v) is 10.3. The SMILES string of the molecule is CC1(C)CCc2nc([C@]3(Cc4ccccc4)CCCN3C(=O)O)nc(Cl)c2C1. The summed E-state index contributed by atoms with van der Waals surface area (Å²) in [7, 11) is 0. The fourth-order valence-electron chi connectivity index (χ4n) is 4.70. The number of carboxylic acid groups (broad SMARTS) is 1.